The first-order valence-corrected chi connectivity index (χ1v) is 5.14. The van der Waals surface area contributed by atoms with E-state index in [9.17, 15) is 0 Å². The number of anilines is 1. The SMILES string of the molecule is CN(C)/C=N/C(=S)Nc1ccccc1Cl. The molecule has 1 aromatic rings. The third-order valence-electron chi connectivity index (χ3n) is 1.52. The molecule has 0 unspecified atom stereocenters. The third kappa shape index (κ3) is 4.27. The van der Waals surface area contributed by atoms with Crippen molar-refractivity contribution >= 4 is 41.0 Å². The molecule has 0 saturated heterocycles. The summed E-state index contributed by atoms with van der Waals surface area (Å²) in [5, 5.41) is 3.95. The molecule has 1 rings (SSSR count). The zero-order valence-electron chi connectivity index (χ0n) is 8.57. The minimum Gasteiger partial charge on any atom is -0.369 e. The van der Waals surface area contributed by atoms with E-state index in [1.165, 1.54) is 0 Å². The topological polar surface area (TPSA) is 27.6 Å². The van der Waals surface area contributed by atoms with Crippen molar-refractivity contribution in [3.8, 4) is 0 Å². The lowest BCUT2D eigenvalue weighted by atomic mass is 10.3. The Kier molecular flexibility index (Phi) is 4.52. The van der Waals surface area contributed by atoms with Crippen LogP contribution in [0.15, 0.2) is 29.3 Å². The molecule has 0 heterocycles. The molecule has 0 radical (unpaired) electrons. The molecule has 5 heteroatoms. The van der Waals surface area contributed by atoms with Gasteiger partial charge in [0.2, 0.25) is 0 Å². The third-order valence-corrected chi connectivity index (χ3v) is 2.06. The molecule has 0 bridgehead atoms. The number of rotatable bonds is 2. The molecule has 0 fully saturated rings. The predicted molar refractivity (Wildman–Crippen MR) is 69.9 cm³/mol. The Bertz CT molecular complexity index is 377. The van der Waals surface area contributed by atoms with Crippen LogP contribution in [0.25, 0.3) is 0 Å². The number of benzene rings is 1. The molecular weight excluding hydrogens is 230 g/mol. The van der Waals surface area contributed by atoms with E-state index in [4.69, 9.17) is 23.8 Å². The molecule has 0 atom stereocenters. The molecule has 1 aromatic carbocycles. The Morgan fingerprint density at radius 1 is 1.47 bits per heavy atom. The van der Waals surface area contributed by atoms with Crippen LogP contribution >= 0.6 is 23.8 Å². The first-order valence-electron chi connectivity index (χ1n) is 4.35. The van der Waals surface area contributed by atoms with Crippen molar-refractivity contribution in [3.63, 3.8) is 0 Å². The largest absolute Gasteiger partial charge is 0.369 e. The zero-order chi connectivity index (χ0) is 11.3. The lowest BCUT2D eigenvalue weighted by molar-refractivity contribution is 0.644. The van der Waals surface area contributed by atoms with Crippen molar-refractivity contribution in [2.24, 2.45) is 4.99 Å². The summed E-state index contributed by atoms with van der Waals surface area (Å²) in [4.78, 5) is 5.83. The molecule has 80 valence electrons. The van der Waals surface area contributed by atoms with Gasteiger partial charge in [-0.05, 0) is 24.4 Å². The molecule has 0 aliphatic carbocycles. The summed E-state index contributed by atoms with van der Waals surface area (Å²) in [6.07, 6.45) is 1.63. The van der Waals surface area contributed by atoms with Gasteiger partial charge in [0.05, 0.1) is 17.0 Å². The second-order valence-electron chi connectivity index (χ2n) is 3.12. The molecule has 0 aliphatic heterocycles. The summed E-state index contributed by atoms with van der Waals surface area (Å²) >= 11 is 11.0. The zero-order valence-corrected chi connectivity index (χ0v) is 10.1. The summed E-state index contributed by atoms with van der Waals surface area (Å²) in [6, 6.07) is 7.38. The van der Waals surface area contributed by atoms with Gasteiger partial charge in [-0.3, -0.25) is 0 Å². The van der Waals surface area contributed by atoms with Gasteiger partial charge in [0.1, 0.15) is 0 Å². The van der Waals surface area contributed by atoms with Crippen molar-refractivity contribution in [3.05, 3.63) is 29.3 Å². The summed E-state index contributed by atoms with van der Waals surface area (Å²) in [5.41, 5.74) is 0.764. The highest BCUT2D eigenvalue weighted by molar-refractivity contribution is 7.80. The summed E-state index contributed by atoms with van der Waals surface area (Å²) in [7, 11) is 3.75. The Hall–Kier alpha value is -1.13. The van der Waals surface area contributed by atoms with E-state index < -0.39 is 0 Å². The van der Waals surface area contributed by atoms with Gasteiger partial charge >= 0.3 is 0 Å². The highest BCUT2D eigenvalue weighted by atomic mass is 35.5. The van der Waals surface area contributed by atoms with E-state index in [0.717, 1.165) is 5.69 Å². The van der Waals surface area contributed by atoms with E-state index >= 15 is 0 Å². The van der Waals surface area contributed by atoms with Gasteiger partial charge in [-0.2, -0.15) is 0 Å². The first kappa shape index (κ1) is 11.9. The van der Waals surface area contributed by atoms with Gasteiger partial charge in [-0.25, -0.2) is 4.99 Å². The van der Waals surface area contributed by atoms with Crippen molar-refractivity contribution in [1.29, 1.82) is 0 Å². The predicted octanol–water partition coefficient (Wildman–Crippen LogP) is 2.63. The second-order valence-corrected chi connectivity index (χ2v) is 3.91. The maximum absolute atomic E-state index is 5.95. The normalized spacial score (nSPS) is 10.3. The van der Waals surface area contributed by atoms with Crippen LogP contribution in [0, 0.1) is 0 Å². The van der Waals surface area contributed by atoms with Gasteiger partial charge in [0, 0.05) is 14.1 Å². The van der Waals surface area contributed by atoms with Crippen molar-refractivity contribution in [2.45, 2.75) is 0 Å². The fourth-order valence-corrected chi connectivity index (χ4v) is 1.22. The molecule has 0 aromatic heterocycles. The maximum atomic E-state index is 5.95. The van der Waals surface area contributed by atoms with Gasteiger partial charge < -0.3 is 10.2 Å². The number of para-hydroxylation sites is 1. The molecule has 0 aliphatic rings. The lowest BCUT2D eigenvalue weighted by Crippen LogP contribution is -2.12. The Labute approximate surface area is 99.8 Å². The van der Waals surface area contributed by atoms with Crippen LogP contribution < -0.4 is 5.32 Å². The van der Waals surface area contributed by atoms with Gasteiger partial charge in [0.15, 0.2) is 5.11 Å². The average Bonchev–Trinajstić information content (AvgIpc) is 2.18. The molecule has 0 amide bonds. The molecular formula is C10H12ClN3S. The first-order chi connectivity index (χ1) is 7.09. The Morgan fingerprint density at radius 3 is 2.73 bits per heavy atom. The van der Waals surface area contributed by atoms with E-state index in [0.29, 0.717) is 10.1 Å². The van der Waals surface area contributed by atoms with Crippen LogP contribution in [0.4, 0.5) is 5.69 Å². The molecule has 0 spiro atoms. The number of nitrogens with zero attached hydrogens (tertiary/aromatic N) is 2. The molecule has 0 saturated carbocycles. The van der Waals surface area contributed by atoms with Gasteiger partial charge in [0.25, 0.3) is 0 Å². The van der Waals surface area contributed by atoms with E-state index in [1.54, 1.807) is 17.3 Å². The van der Waals surface area contributed by atoms with Gasteiger partial charge in [-0.15, -0.1) is 0 Å². The summed E-state index contributed by atoms with van der Waals surface area (Å²) < 4.78 is 0. The minimum absolute atomic E-state index is 0.386. The summed E-state index contributed by atoms with van der Waals surface area (Å²) in [5.74, 6) is 0. The fraction of sp³-hybridized carbons (Fsp3) is 0.200. The number of nitrogens with one attached hydrogen (secondary N) is 1. The number of thiocarbonyl (C=S) groups is 1. The van der Waals surface area contributed by atoms with E-state index in [1.807, 2.05) is 32.3 Å². The fourth-order valence-electron chi connectivity index (χ4n) is 0.878. The summed E-state index contributed by atoms with van der Waals surface area (Å²) in [6.45, 7) is 0. The smallest absolute Gasteiger partial charge is 0.198 e. The van der Waals surface area contributed by atoms with Crippen molar-refractivity contribution in [2.75, 3.05) is 19.4 Å². The Balaban J connectivity index is 2.63. The lowest BCUT2D eigenvalue weighted by Gasteiger charge is -2.06. The highest BCUT2D eigenvalue weighted by Gasteiger charge is 1.99. The van der Waals surface area contributed by atoms with E-state index in [-0.39, 0.29) is 0 Å². The standard InChI is InChI=1S/C10H12ClN3S/c1-14(2)7-12-10(15)13-9-6-4-3-5-8(9)11/h3-7H,1-2H3,(H,13,15)/b12-7+. The van der Waals surface area contributed by atoms with Crippen molar-refractivity contribution in [1.82, 2.24) is 4.90 Å². The quantitative estimate of drug-likeness (QED) is 0.490. The maximum Gasteiger partial charge on any atom is 0.198 e. The van der Waals surface area contributed by atoms with Crippen LogP contribution in [0.3, 0.4) is 0 Å². The van der Waals surface area contributed by atoms with Crippen LogP contribution in [0.5, 0.6) is 0 Å². The van der Waals surface area contributed by atoms with Crippen LogP contribution in [-0.2, 0) is 0 Å². The number of hydrogen-bond acceptors (Lipinski definition) is 1. The molecule has 1 N–H and O–H groups in total. The monoisotopic (exact) mass is 241 g/mol. The number of halogens is 1. The van der Waals surface area contributed by atoms with Gasteiger partial charge in [-0.1, -0.05) is 23.7 Å². The number of aliphatic imine (C=N–C) groups is 1. The second kappa shape index (κ2) is 5.68. The van der Waals surface area contributed by atoms with Crippen LogP contribution in [-0.4, -0.2) is 30.4 Å². The minimum atomic E-state index is 0.386. The number of hydrogen-bond donors (Lipinski definition) is 1. The Morgan fingerprint density at radius 2 is 2.13 bits per heavy atom. The van der Waals surface area contributed by atoms with Crippen LogP contribution in [0.1, 0.15) is 0 Å². The highest BCUT2D eigenvalue weighted by Crippen LogP contribution is 2.20. The average molecular weight is 242 g/mol. The molecule has 3 nitrogen and oxygen atoms in total. The van der Waals surface area contributed by atoms with Crippen LogP contribution in [0.2, 0.25) is 5.02 Å². The molecule has 15 heavy (non-hydrogen) atoms. The van der Waals surface area contributed by atoms with Crippen molar-refractivity contribution < 1.29 is 0 Å². The van der Waals surface area contributed by atoms with E-state index in [2.05, 4.69) is 10.3 Å².